The molecule has 0 aliphatic carbocycles. The van der Waals surface area contributed by atoms with Gasteiger partial charge in [-0.05, 0) is 43.7 Å². The topological polar surface area (TPSA) is 84.2 Å². The largest absolute Gasteiger partial charge is 0.462 e. The second-order valence-corrected chi connectivity index (χ2v) is 6.94. The Kier molecular flexibility index (Phi) is 5.48. The number of furan rings is 1. The third-order valence-electron chi connectivity index (χ3n) is 3.62. The molecule has 2 amide bonds. The van der Waals surface area contributed by atoms with Gasteiger partial charge in [0.25, 0.3) is 5.91 Å². The Morgan fingerprint density at radius 3 is 2.62 bits per heavy atom. The zero-order valence-corrected chi connectivity index (χ0v) is 15.4. The van der Waals surface area contributed by atoms with E-state index in [0.717, 1.165) is 11.3 Å². The molecule has 0 saturated carbocycles. The van der Waals surface area contributed by atoms with E-state index in [2.05, 4.69) is 15.6 Å². The van der Waals surface area contributed by atoms with E-state index < -0.39 is 0 Å². The van der Waals surface area contributed by atoms with Gasteiger partial charge in [-0.25, -0.2) is 4.98 Å². The molecule has 0 spiro atoms. The molecule has 134 valence electrons. The first-order valence-electron chi connectivity index (χ1n) is 8.29. The summed E-state index contributed by atoms with van der Waals surface area (Å²) in [6, 6.07) is 10.6. The number of rotatable bonds is 6. The van der Waals surface area contributed by atoms with Crippen LogP contribution >= 0.6 is 11.3 Å². The molecule has 0 radical (unpaired) electrons. The molecule has 1 aromatic carbocycles. The van der Waals surface area contributed by atoms with Crippen LogP contribution in [0.25, 0.3) is 10.8 Å². The van der Waals surface area contributed by atoms with E-state index in [9.17, 15) is 9.59 Å². The minimum absolute atomic E-state index is 0.0468. The van der Waals surface area contributed by atoms with Gasteiger partial charge in [0.15, 0.2) is 10.8 Å². The van der Waals surface area contributed by atoms with E-state index in [0.29, 0.717) is 34.3 Å². The van der Waals surface area contributed by atoms with Crippen molar-refractivity contribution in [3.8, 4) is 10.8 Å². The van der Waals surface area contributed by atoms with Crippen LogP contribution < -0.4 is 10.6 Å². The van der Waals surface area contributed by atoms with Crippen molar-refractivity contribution in [2.24, 2.45) is 0 Å². The van der Waals surface area contributed by atoms with Gasteiger partial charge in [-0.3, -0.25) is 9.59 Å². The number of carbonyl (C=O) groups excluding carboxylic acids is 2. The molecule has 2 N–H and O–H groups in total. The average molecular weight is 369 g/mol. The molecule has 6 nitrogen and oxygen atoms in total. The monoisotopic (exact) mass is 369 g/mol. The van der Waals surface area contributed by atoms with E-state index in [1.54, 1.807) is 36.6 Å². The standard InChI is InChI=1S/C19H19N3O3S/c1-3-6-16(23)20-13-7-4-8-14(11-13)21-18(24)17-12(2)26-19(22-17)15-9-5-10-25-15/h4-5,7-11H,3,6H2,1-2H3,(H,20,23)(H,21,24). The summed E-state index contributed by atoms with van der Waals surface area (Å²) in [5, 5.41) is 6.31. The fourth-order valence-corrected chi connectivity index (χ4v) is 3.31. The van der Waals surface area contributed by atoms with Crippen molar-refractivity contribution in [1.82, 2.24) is 4.98 Å². The smallest absolute Gasteiger partial charge is 0.275 e. The van der Waals surface area contributed by atoms with E-state index >= 15 is 0 Å². The first-order chi connectivity index (χ1) is 12.6. The van der Waals surface area contributed by atoms with Crippen molar-refractivity contribution < 1.29 is 14.0 Å². The fourth-order valence-electron chi connectivity index (χ4n) is 2.43. The van der Waals surface area contributed by atoms with Gasteiger partial charge in [-0.15, -0.1) is 11.3 Å². The third kappa shape index (κ3) is 4.18. The molecule has 0 unspecified atom stereocenters. The lowest BCUT2D eigenvalue weighted by molar-refractivity contribution is -0.116. The summed E-state index contributed by atoms with van der Waals surface area (Å²) in [6.45, 7) is 3.80. The van der Waals surface area contributed by atoms with E-state index in [4.69, 9.17) is 4.42 Å². The number of amides is 2. The Bertz CT molecular complexity index is 916. The van der Waals surface area contributed by atoms with Gasteiger partial charge in [0.05, 0.1) is 6.26 Å². The molecule has 0 aliphatic heterocycles. The highest BCUT2D eigenvalue weighted by Crippen LogP contribution is 2.28. The Labute approximate surface area is 155 Å². The molecule has 2 heterocycles. The average Bonchev–Trinajstić information content (AvgIpc) is 3.24. The van der Waals surface area contributed by atoms with Crippen molar-refractivity contribution >= 4 is 34.5 Å². The zero-order chi connectivity index (χ0) is 18.5. The van der Waals surface area contributed by atoms with Crippen LogP contribution in [0.2, 0.25) is 0 Å². The molecule has 26 heavy (non-hydrogen) atoms. The van der Waals surface area contributed by atoms with Crippen LogP contribution in [0.1, 0.15) is 35.1 Å². The van der Waals surface area contributed by atoms with Crippen LogP contribution in [0.3, 0.4) is 0 Å². The van der Waals surface area contributed by atoms with Crippen molar-refractivity contribution in [1.29, 1.82) is 0 Å². The van der Waals surface area contributed by atoms with Crippen LogP contribution in [-0.4, -0.2) is 16.8 Å². The first kappa shape index (κ1) is 17.9. The van der Waals surface area contributed by atoms with Gasteiger partial charge in [0.1, 0.15) is 5.69 Å². The minimum Gasteiger partial charge on any atom is -0.462 e. The van der Waals surface area contributed by atoms with Crippen LogP contribution in [0, 0.1) is 6.92 Å². The Morgan fingerprint density at radius 2 is 1.92 bits per heavy atom. The van der Waals surface area contributed by atoms with Crippen molar-refractivity contribution in [2.45, 2.75) is 26.7 Å². The van der Waals surface area contributed by atoms with Gasteiger partial charge >= 0.3 is 0 Å². The molecule has 0 bridgehead atoms. The summed E-state index contributed by atoms with van der Waals surface area (Å²) < 4.78 is 5.33. The number of aromatic nitrogens is 1. The molecular formula is C19H19N3O3S. The van der Waals surface area contributed by atoms with Crippen molar-refractivity contribution in [3.05, 3.63) is 53.2 Å². The summed E-state index contributed by atoms with van der Waals surface area (Å²) in [4.78, 5) is 29.5. The normalized spacial score (nSPS) is 10.5. The highest BCUT2D eigenvalue weighted by Gasteiger charge is 2.18. The Balaban J connectivity index is 1.73. The quantitative estimate of drug-likeness (QED) is 0.659. The molecule has 0 fully saturated rings. The number of anilines is 2. The summed E-state index contributed by atoms with van der Waals surface area (Å²) >= 11 is 1.41. The lowest BCUT2D eigenvalue weighted by Crippen LogP contribution is -2.14. The SMILES string of the molecule is CCCC(=O)Nc1cccc(NC(=O)c2nc(-c3ccco3)sc2C)c1. The molecule has 0 aliphatic rings. The lowest BCUT2D eigenvalue weighted by atomic mass is 10.2. The second kappa shape index (κ2) is 7.97. The summed E-state index contributed by atoms with van der Waals surface area (Å²) in [6.07, 6.45) is 2.82. The number of aryl methyl sites for hydroxylation is 1. The van der Waals surface area contributed by atoms with Gasteiger partial charge in [0, 0.05) is 22.7 Å². The first-order valence-corrected chi connectivity index (χ1v) is 9.11. The maximum atomic E-state index is 12.6. The summed E-state index contributed by atoms with van der Waals surface area (Å²) in [5.41, 5.74) is 1.60. The van der Waals surface area contributed by atoms with E-state index in [1.807, 2.05) is 19.9 Å². The van der Waals surface area contributed by atoms with E-state index in [1.165, 1.54) is 11.3 Å². The third-order valence-corrected chi connectivity index (χ3v) is 4.61. The van der Waals surface area contributed by atoms with Gasteiger partial charge in [0.2, 0.25) is 5.91 Å². The molecular weight excluding hydrogens is 350 g/mol. The Hall–Kier alpha value is -2.93. The van der Waals surface area contributed by atoms with Crippen LogP contribution in [0.5, 0.6) is 0 Å². The number of carbonyl (C=O) groups is 2. The lowest BCUT2D eigenvalue weighted by Gasteiger charge is -2.08. The molecule has 7 heteroatoms. The number of hydrogen-bond donors (Lipinski definition) is 2. The minimum atomic E-state index is -0.298. The molecule has 0 saturated heterocycles. The van der Waals surface area contributed by atoms with Crippen molar-refractivity contribution in [3.63, 3.8) is 0 Å². The van der Waals surface area contributed by atoms with Crippen LogP contribution in [0.15, 0.2) is 47.1 Å². The van der Waals surface area contributed by atoms with Gasteiger partial charge < -0.3 is 15.1 Å². The highest BCUT2D eigenvalue weighted by atomic mass is 32.1. The van der Waals surface area contributed by atoms with Crippen LogP contribution in [-0.2, 0) is 4.79 Å². The molecule has 2 aromatic heterocycles. The van der Waals surface area contributed by atoms with Crippen molar-refractivity contribution in [2.75, 3.05) is 10.6 Å². The predicted octanol–water partition coefficient (Wildman–Crippen LogP) is 4.70. The highest BCUT2D eigenvalue weighted by molar-refractivity contribution is 7.15. The molecule has 0 atom stereocenters. The Morgan fingerprint density at radius 1 is 1.15 bits per heavy atom. The summed E-state index contributed by atoms with van der Waals surface area (Å²) in [5.74, 6) is 0.292. The number of nitrogens with one attached hydrogen (secondary N) is 2. The van der Waals surface area contributed by atoms with Gasteiger partial charge in [-0.2, -0.15) is 0 Å². The summed E-state index contributed by atoms with van der Waals surface area (Å²) in [7, 11) is 0. The van der Waals surface area contributed by atoms with Crippen LogP contribution in [0.4, 0.5) is 11.4 Å². The number of hydrogen-bond acceptors (Lipinski definition) is 5. The van der Waals surface area contributed by atoms with E-state index in [-0.39, 0.29) is 11.8 Å². The van der Waals surface area contributed by atoms with Gasteiger partial charge in [-0.1, -0.05) is 13.0 Å². The second-order valence-electron chi connectivity index (χ2n) is 5.73. The predicted molar refractivity (Wildman–Crippen MR) is 102 cm³/mol. The molecule has 3 rings (SSSR count). The molecule has 3 aromatic rings. The number of nitrogens with zero attached hydrogens (tertiary/aromatic N) is 1. The fraction of sp³-hybridized carbons (Fsp3) is 0.211. The number of benzene rings is 1. The maximum Gasteiger partial charge on any atom is 0.275 e. The number of thiazole rings is 1. The zero-order valence-electron chi connectivity index (χ0n) is 14.5. The maximum absolute atomic E-state index is 12.6.